The van der Waals surface area contributed by atoms with E-state index in [1.807, 2.05) is 0 Å². The van der Waals surface area contributed by atoms with E-state index < -0.39 is 23.3 Å². The Morgan fingerprint density at radius 3 is 2.25 bits per heavy atom. The van der Waals surface area contributed by atoms with Crippen molar-refractivity contribution in [3.63, 3.8) is 0 Å². The van der Waals surface area contributed by atoms with Crippen LogP contribution >= 0.6 is 0 Å². The van der Waals surface area contributed by atoms with Crippen LogP contribution in [0.2, 0.25) is 0 Å². The van der Waals surface area contributed by atoms with Gasteiger partial charge in [-0.1, -0.05) is 0 Å². The van der Waals surface area contributed by atoms with Gasteiger partial charge in [0.1, 0.15) is 11.6 Å². The van der Waals surface area contributed by atoms with E-state index in [2.05, 4.69) is 0 Å². The number of carboxylic acid groups (broad SMARTS) is 1. The van der Waals surface area contributed by atoms with Crippen molar-refractivity contribution in [3.8, 4) is 0 Å². The first-order chi connectivity index (χ1) is 7.23. The molecule has 0 aliphatic rings. The molecule has 0 spiro atoms. The van der Waals surface area contributed by atoms with E-state index in [9.17, 15) is 13.6 Å². The maximum Gasteiger partial charge on any atom is 0.412 e. The highest BCUT2D eigenvalue weighted by Crippen LogP contribution is 2.27. The van der Waals surface area contributed by atoms with Crippen molar-refractivity contribution in [2.75, 3.05) is 4.90 Å². The molecule has 0 radical (unpaired) electrons. The number of benzene rings is 1. The zero-order chi connectivity index (χ0) is 12.5. The second-order valence-corrected chi connectivity index (χ2v) is 4.38. The molecule has 0 aliphatic heterocycles. The predicted octanol–water partition coefficient (Wildman–Crippen LogP) is 3.25. The molecule has 0 unspecified atom stereocenters. The zero-order valence-corrected chi connectivity index (χ0v) is 9.29. The summed E-state index contributed by atoms with van der Waals surface area (Å²) in [7, 11) is 0. The fourth-order valence-electron chi connectivity index (χ4n) is 1.41. The third kappa shape index (κ3) is 2.48. The van der Waals surface area contributed by atoms with Crippen LogP contribution in [0.3, 0.4) is 0 Å². The van der Waals surface area contributed by atoms with Crippen molar-refractivity contribution in [3.05, 3.63) is 29.8 Å². The molecule has 16 heavy (non-hydrogen) atoms. The van der Waals surface area contributed by atoms with E-state index in [0.29, 0.717) is 6.07 Å². The minimum atomic E-state index is -1.28. The standard InChI is InChI=1S/C11H13F2NO2/c1-11(2,3)14(10(15)16)9-5-4-7(12)6-8(9)13/h4-6H,1-3H3,(H,15,16). The third-order valence-electron chi connectivity index (χ3n) is 2.01. The van der Waals surface area contributed by atoms with Gasteiger partial charge in [0.05, 0.1) is 5.69 Å². The van der Waals surface area contributed by atoms with Crippen LogP contribution in [0.5, 0.6) is 0 Å². The summed E-state index contributed by atoms with van der Waals surface area (Å²) in [4.78, 5) is 11.9. The van der Waals surface area contributed by atoms with Crippen molar-refractivity contribution < 1.29 is 18.7 Å². The van der Waals surface area contributed by atoms with Crippen LogP contribution in [0.25, 0.3) is 0 Å². The molecular weight excluding hydrogens is 216 g/mol. The minimum Gasteiger partial charge on any atom is -0.465 e. The lowest BCUT2D eigenvalue weighted by Gasteiger charge is -2.33. The second-order valence-electron chi connectivity index (χ2n) is 4.38. The number of amides is 1. The van der Waals surface area contributed by atoms with Crippen LogP contribution in [-0.2, 0) is 0 Å². The van der Waals surface area contributed by atoms with Gasteiger partial charge in [-0.05, 0) is 32.9 Å². The molecule has 3 nitrogen and oxygen atoms in total. The summed E-state index contributed by atoms with van der Waals surface area (Å²) in [5.41, 5.74) is -0.953. The summed E-state index contributed by atoms with van der Waals surface area (Å²) in [6, 6.07) is 2.81. The Kier molecular flexibility index (Phi) is 3.16. The Morgan fingerprint density at radius 2 is 1.88 bits per heavy atom. The summed E-state index contributed by atoms with van der Waals surface area (Å²) >= 11 is 0. The number of hydrogen-bond donors (Lipinski definition) is 1. The Bertz CT molecular complexity index is 413. The predicted molar refractivity (Wildman–Crippen MR) is 56.6 cm³/mol. The number of rotatable bonds is 1. The minimum absolute atomic E-state index is 0.151. The first kappa shape index (κ1) is 12.4. The molecule has 0 aliphatic carbocycles. The van der Waals surface area contributed by atoms with Crippen molar-refractivity contribution in [2.45, 2.75) is 26.3 Å². The average Bonchev–Trinajstić information content (AvgIpc) is 2.06. The smallest absolute Gasteiger partial charge is 0.412 e. The van der Waals surface area contributed by atoms with Gasteiger partial charge in [0, 0.05) is 11.6 Å². The second kappa shape index (κ2) is 4.08. The lowest BCUT2D eigenvalue weighted by Crippen LogP contribution is -2.45. The van der Waals surface area contributed by atoms with Gasteiger partial charge in [0.15, 0.2) is 0 Å². The molecule has 88 valence electrons. The fraction of sp³-hybridized carbons (Fsp3) is 0.364. The number of carbonyl (C=O) groups is 1. The van der Waals surface area contributed by atoms with Gasteiger partial charge in [-0.15, -0.1) is 0 Å². The van der Waals surface area contributed by atoms with Gasteiger partial charge >= 0.3 is 6.09 Å². The highest BCUT2D eigenvalue weighted by atomic mass is 19.1. The lowest BCUT2D eigenvalue weighted by molar-refractivity contribution is 0.195. The molecule has 0 bridgehead atoms. The Morgan fingerprint density at radius 1 is 1.31 bits per heavy atom. The van der Waals surface area contributed by atoms with Crippen LogP contribution in [0.1, 0.15) is 20.8 Å². The van der Waals surface area contributed by atoms with Crippen LogP contribution in [-0.4, -0.2) is 16.7 Å². The van der Waals surface area contributed by atoms with Crippen molar-refractivity contribution in [1.82, 2.24) is 0 Å². The first-order valence-electron chi connectivity index (χ1n) is 4.71. The van der Waals surface area contributed by atoms with Gasteiger partial charge in [-0.25, -0.2) is 13.6 Å². The Labute approximate surface area is 92.3 Å². The first-order valence-corrected chi connectivity index (χ1v) is 4.71. The molecule has 0 aromatic heterocycles. The summed E-state index contributed by atoms with van der Waals surface area (Å²) in [6.45, 7) is 4.89. The molecule has 1 rings (SSSR count). The maximum absolute atomic E-state index is 13.4. The van der Waals surface area contributed by atoms with E-state index in [-0.39, 0.29) is 5.69 Å². The number of anilines is 1. The van der Waals surface area contributed by atoms with E-state index in [4.69, 9.17) is 5.11 Å². The molecule has 0 atom stereocenters. The summed E-state index contributed by atoms with van der Waals surface area (Å²) in [6.07, 6.45) is -1.28. The van der Waals surface area contributed by atoms with Gasteiger partial charge in [0.25, 0.3) is 0 Å². The zero-order valence-electron chi connectivity index (χ0n) is 9.29. The topological polar surface area (TPSA) is 40.5 Å². The maximum atomic E-state index is 13.4. The van der Waals surface area contributed by atoms with Gasteiger partial charge in [-0.3, -0.25) is 4.90 Å². The molecule has 1 aromatic rings. The van der Waals surface area contributed by atoms with Crippen LogP contribution in [0, 0.1) is 11.6 Å². The highest BCUT2D eigenvalue weighted by molar-refractivity contribution is 5.87. The largest absolute Gasteiger partial charge is 0.465 e. The van der Waals surface area contributed by atoms with Crippen LogP contribution in [0.15, 0.2) is 18.2 Å². The fourth-order valence-corrected chi connectivity index (χ4v) is 1.41. The van der Waals surface area contributed by atoms with E-state index in [1.54, 1.807) is 20.8 Å². The molecule has 5 heteroatoms. The van der Waals surface area contributed by atoms with Crippen LogP contribution in [0.4, 0.5) is 19.3 Å². The monoisotopic (exact) mass is 229 g/mol. The van der Waals surface area contributed by atoms with Crippen LogP contribution < -0.4 is 4.90 Å². The third-order valence-corrected chi connectivity index (χ3v) is 2.01. The molecular formula is C11H13F2NO2. The average molecular weight is 229 g/mol. The summed E-state index contributed by atoms with van der Waals surface area (Å²) in [5, 5.41) is 9.02. The molecule has 0 saturated heterocycles. The van der Waals surface area contributed by atoms with Crippen molar-refractivity contribution in [1.29, 1.82) is 0 Å². The van der Waals surface area contributed by atoms with Crippen molar-refractivity contribution in [2.24, 2.45) is 0 Å². The summed E-state index contributed by atoms with van der Waals surface area (Å²) in [5.74, 6) is -1.63. The molecule has 0 fully saturated rings. The SMILES string of the molecule is CC(C)(C)N(C(=O)O)c1ccc(F)cc1F. The molecule has 0 saturated carbocycles. The van der Waals surface area contributed by atoms with Crippen molar-refractivity contribution >= 4 is 11.8 Å². The number of nitrogens with zero attached hydrogens (tertiary/aromatic N) is 1. The quantitative estimate of drug-likeness (QED) is 0.803. The number of halogens is 2. The molecule has 1 aromatic carbocycles. The van der Waals surface area contributed by atoms with E-state index in [1.165, 1.54) is 0 Å². The summed E-state index contributed by atoms with van der Waals surface area (Å²) < 4.78 is 26.1. The van der Waals surface area contributed by atoms with Gasteiger partial charge in [-0.2, -0.15) is 0 Å². The molecule has 0 heterocycles. The number of hydrogen-bond acceptors (Lipinski definition) is 1. The Balaban J connectivity index is 3.28. The highest BCUT2D eigenvalue weighted by Gasteiger charge is 2.29. The Hall–Kier alpha value is -1.65. The van der Waals surface area contributed by atoms with Gasteiger partial charge in [0.2, 0.25) is 0 Å². The lowest BCUT2D eigenvalue weighted by atomic mass is 10.1. The molecule has 1 N–H and O–H groups in total. The normalized spacial score (nSPS) is 11.3. The van der Waals surface area contributed by atoms with E-state index in [0.717, 1.165) is 17.0 Å². The van der Waals surface area contributed by atoms with E-state index >= 15 is 0 Å². The van der Waals surface area contributed by atoms with Gasteiger partial charge < -0.3 is 5.11 Å². The molecule has 1 amide bonds.